The van der Waals surface area contributed by atoms with Crippen molar-refractivity contribution in [3.8, 4) is 0 Å². The molecule has 1 atom stereocenters. The lowest BCUT2D eigenvalue weighted by Gasteiger charge is -2.24. The molecule has 1 fully saturated rings. The number of pyridine rings is 1. The average Bonchev–Trinajstić information content (AvgIpc) is 2.74. The molecule has 0 saturated carbocycles. The molecule has 2 heterocycles. The molecule has 1 N–H and O–H groups in total. The van der Waals surface area contributed by atoms with Crippen LogP contribution in [-0.4, -0.2) is 35.6 Å². The standard InChI is InChI=1S/C18H23N3/c1-2-5-16(6-3-1)13-18-15-21(12-4-9-20-18)14-17-7-10-19-11-8-17/h1-3,5-8,10-11,18,20H,4,9,12-15H2. The van der Waals surface area contributed by atoms with E-state index >= 15 is 0 Å². The Kier molecular flexibility index (Phi) is 4.98. The zero-order valence-corrected chi connectivity index (χ0v) is 12.4. The summed E-state index contributed by atoms with van der Waals surface area (Å²) in [6.07, 6.45) is 6.09. The van der Waals surface area contributed by atoms with Gasteiger partial charge in [-0.2, -0.15) is 0 Å². The summed E-state index contributed by atoms with van der Waals surface area (Å²) in [4.78, 5) is 6.66. The molecular formula is C18H23N3. The van der Waals surface area contributed by atoms with Crippen molar-refractivity contribution >= 4 is 0 Å². The summed E-state index contributed by atoms with van der Waals surface area (Å²) in [5.74, 6) is 0. The highest BCUT2D eigenvalue weighted by Crippen LogP contribution is 2.11. The van der Waals surface area contributed by atoms with Gasteiger partial charge in [0.05, 0.1) is 0 Å². The van der Waals surface area contributed by atoms with Gasteiger partial charge in [0, 0.05) is 31.5 Å². The molecule has 0 radical (unpaired) electrons. The first-order chi connectivity index (χ1) is 10.4. The van der Waals surface area contributed by atoms with E-state index < -0.39 is 0 Å². The number of hydrogen-bond donors (Lipinski definition) is 1. The first kappa shape index (κ1) is 14.2. The summed E-state index contributed by atoms with van der Waals surface area (Å²) in [7, 11) is 0. The van der Waals surface area contributed by atoms with Crippen LogP contribution in [0.2, 0.25) is 0 Å². The Labute approximate surface area is 127 Å². The molecule has 0 bridgehead atoms. The molecule has 1 aliphatic heterocycles. The molecule has 110 valence electrons. The van der Waals surface area contributed by atoms with E-state index in [0.717, 1.165) is 26.1 Å². The fourth-order valence-electron chi connectivity index (χ4n) is 3.00. The van der Waals surface area contributed by atoms with Crippen LogP contribution >= 0.6 is 0 Å². The zero-order valence-electron chi connectivity index (χ0n) is 12.4. The highest BCUT2D eigenvalue weighted by Gasteiger charge is 2.18. The molecule has 21 heavy (non-hydrogen) atoms. The fourth-order valence-corrected chi connectivity index (χ4v) is 3.00. The summed E-state index contributed by atoms with van der Waals surface area (Å²) >= 11 is 0. The highest BCUT2D eigenvalue weighted by molar-refractivity contribution is 5.16. The second-order valence-corrected chi connectivity index (χ2v) is 5.78. The Morgan fingerprint density at radius 1 is 1.05 bits per heavy atom. The number of rotatable bonds is 4. The smallest absolute Gasteiger partial charge is 0.0271 e. The zero-order chi connectivity index (χ0) is 14.3. The van der Waals surface area contributed by atoms with E-state index in [1.807, 2.05) is 12.4 Å². The number of hydrogen-bond acceptors (Lipinski definition) is 3. The fraction of sp³-hybridized carbons (Fsp3) is 0.389. The average molecular weight is 281 g/mol. The lowest BCUT2D eigenvalue weighted by Crippen LogP contribution is -2.38. The number of nitrogens with zero attached hydrogens (tertiary/aromatic N) is 2. The molecule has 3 heteroatoms. The van der Waals surface area contributed by atoms with Crippen molar-refractivity contribution in [2.75, 3.05) is 19.6 Å². The van der Waals surface area contributed by atoms with E-state index in [9.17, 15) is 0 Å². The van der Waals surface area contributed by atoms with Crippen LogP contribution < -0.4 is 5.32 Å². The molecule has 0 aliphatic carbocycles. The Balaban J connectivity index is 1.61. The minimum Gasteiger partial charge on any atom is -0.312 e. The van der Waals surface area contributed by atoms with Crippen molar-refractivity contribution in [1.82, 2.24) is 15.2 Å². The lowest BCUT2D eigenvalue weighted by atomic mass is 10.1. The molecule has 1 unspecified atom stereocenters. The summed E-state index contributed by atoms with van der Waals surface area (Å²) < 4.78 is 0. The minimum atomic E-state index is 0.539. The van der Waals surface area contributed by atoms with Crippen molar-refractivity contribution in [1.29, 1.82) is 0 Å². The largest absolute Gasteiger partial charge is 0.312 e. The van der Waals surface area contributed by atoms with Gasteiger partial charge < -0.3 is 5.32 Å². The van der Waals surface area contributed by atoms with Crippen molar-refractivity contribution in [2.24, 2.45) is 0 Å². The maximum Gasteiger partial charge on any atom is 0.0271 e. The monoisotopic (exact) mass is 281 g/mol. The Bertz CT molecular complexity index is 477. The molecular weight excluding hydrogens is 258 g/mol. The number of aromatic nitrogens is 1. The summed E-state index contributed by atoms with van der Waals surface area (Å²) in [5.41, 5.74) is 2.77. The summed E-state index contributed by atoms with van der Waals surface area (Å²) in [6.45, 7) is 4.41. The van der Waals surface area contributed by atoms with Crippen molar-refractivity contribution < 1.29 is 0 Å². The van der Waals surface area contributed by atoms with E-state index in [2.05, 4.69) is 57.7 Å². The van der Waals surface area contributed by atoms with Crippen LogP contribution in [0.15, 0.2) is 54.9 Å². The van der Waals surface area contributed by atoms with Gasteiger partial charge in [0.25, 0.3) is 0 Å². The lowest BCUT2D eigenvalue weighted by molar-refractivity contribution is 0.259. The van der Waals surface area contributed by atoms with Gasteiger partial charge in [0.2, 0.25) is 0 Å². The van der Waals surface area contributed by atoms with Crippen LogP contribution in [-0.2, 0) is 13.0 Å². The summed E-state index contributed by atoms with van der Waals surface area (Å²) in [5, 5.41) is 3.69. The quantitative estimate of drug-likeness (QED) is 0.933. The van der Waals surface area contributed by atoms with Crippen LogP contribution in [0, 0.1) is 0 Å². The maximum atomic E-state index is 4.10. The molecule has 0 spiro atoms. The van der Waals surface area contributed by atoms with Crippen LogP contribution in [0.3, 0.4) is 0 Å². The van der Waals surface area contributed by atoms with Gasteiger partial charge >= 0.3 is 0 Å². The molecule has 1 saturated heterocycles. The van der Waals surface area contributed by atoms with Crippen LogP contribution in [0.5, 0.6) is 0 Å². The maximum absolute atomic E-state index is 4.10. The van der Waals surface area contributed by atoms with E-state index in [-0.39, 0.29) is 0 Å². The van der Waals surface area contributed by atoms with Crippen molar-refractivity contribution in [2.45, 2.75) is 25.4 Å². The molecule has 0 amide bonds. The van der Waals surface area contributed by atoms with Gasteiger partial charge in [0.15, 0.2) is 0 Å². The van der Waals surface area contributed by atoms with Gasteiger partial charge in [-0.25, -0.2) is 0 Å². The van der Waals surface area contributed by atoms with E-state index in [0.29, 0.717) is 6.04 Å². The Hall–Kier alpha value is -1.71. The van der Waals surface area contributed by atoms with Gasteiger partial charge in [-0.05, 0) is 49.2 Å². The van der Waals surface area contributed by atoms with Crippen molar-refractivity contribution in [3.63, 3.8) is 0 Å². The number of nitrogens with one attached hydrogen (secondary N) is 1. The molecule has 2 aromatic rings. The molecule has 3 rings (SSSR count). The topological polar surface area (TPSA) is 28.2 Å². The highest BCUT2D eigenvalue weighted by atomic mass is 15.2. The molecule has 1 aromatic carbocycles. The van der Waals surface area contributed by atoms with E-state index in [1.165, 1.54) is 24.1 Å². The molecule has 1 aromatic heterocycles. The number of benzene rings is 1. The second-order valence-electron chi connectivity index (χ2n) is 5.78. The van der Waals surface area contributed by atoms with Crippen LogP contribution in [0.1, 0.15) is 17.5 Å². The van der Waals surface area contributed by atoms with E-state index in [4.69, 9.17) is 0 Å². The predicted octanol–water partition coefficient (Wildman–Crippen LogP) is 2.49. The first-order valence-corrected chi connectivity index (χ1v) is 7.79. The van der Waals surface area contributed by atoms with Crippen LogP contribution in [0.25, 0.3) is 0 Å². The SMILES string of the molecule is c1ccc(CC2CN(Cc3ccncc3)CCCN2)cc1. The van der Waals surface area contributed by atoms with Gasteiger partial charge in [-0.3, -0.25) is 9.88 Å². The predicted molar refractivity (Wildman–Crippen MR) is 86.1 cm³/mol. The third-order valence-corrected chi connectivity index (χ3v) is 4.04. The first-order valence-electron chi connectivity index (χ1n) is 7.79. The van der Waals surface area contributed by atoms with Crippen LogP contribution in [0.4, 0.5) is 0 Å². The van der Waals surface area contributed by atoms with Gasteiger partial charge in [0.1, 0.15) is 0 Å². The third kappa shape index (κ3) is 4.38. The Morgan fingerprint density at radius 2 is 1.86 bits per heavy atom. The second kappa shape index (κ2) is 7.34. The van der Waals surface area contributed by atoms with Crippen molar-refractivity contribution in [3.05, 3.63) is 66.0 Å². The third-order valence-electron chi connectivity index (χ3n) is 4.04. The van der Waals surface area contributed by atoms with Gasteiger partial charge in [-0.15, -0.1) is 0 Å². The molecule has 3 nitrogen and oxygen atoms in total. The van der Waals surface area contributed by atoms with E-state index in [1.54, 1.807) is 0 Å². The van der Waals surface area contributed by atoms with Gasteiger partial charge in [-0.1, -0.05) is 30.3 Å². The minimum absolute atomic E-state index is 0.539. The summed E-state index contributed by atoms with van der Waals surface area (Å²) in [6, 6.07) is 15.5. The molecule has 1 aliphatic rings. The Morgan fingerprint density at radius 3 is 2.67 bits per heavy atom. The normalized spacial score (nSPS) is 20.1.